The van der Waals surface area contributed by atoms with Crippen LogP contribution in [0.15, 0.2) is 24.3 Å². The van der Waals surface area contributed by atoms with Gasteiger partial charge >= 0.3 is 0 Å². The summed E-state index contributed by atoms with van der Waals surface area (Å²) in [5.74, 6) is 0.987. The maximum atomic E-state index is 9.29. The Kier molecular flexibility index (Phi) is 4.23. The lowest BCUT2D eigenvalue weighted by atomic mass is 10.3. The predicted octanol–water partition coefficient (Wildman–Crippen LogP) is 1.02. The molecule has 1 fully saturated rings. The minimum Gasteiger partial charge on any atom is -0.508 e. The Morgan fingerprint density at radius 2 is 2.00 bits per heavy atom. The summed E-state index contributed by atoms with van der Waals surface area (Å²) >= 11 is 0. The van der Waals surface area contributed by atoms with E-state index in [1.807, 2.05) is 6.07 Å². The van der Waals surface area contributed by atoms with Gasteiger partial charge in [0, 0.05) is 38.8 Å². The van der Waals surface area contributed by atoms with Gasteiger partial charge in [-0.25, -0.2) is 0 Å². The number of rotatable bonds is 4. The number of hydrogen-bond donors (Lipinski definition) is 1. The monoisotopic (exact) mass is 236 g/mol. The molecule has 0 amide bonds. The fraction of sp³-hybridized carbons (Fsp3) is 0.538. The van der Waals surface area contributed by atoms with Crippen LogP contribution in [0.3, 0.4) is 0 Å². The summed E-state index contributed by atoms with van der Waals surface area (Å²) in [5.41, 5.74) is 0. The number of piperazine rings is 1. The van der Waals surface area contributed by atoms with Crippen LogP contribution in [-0.4, -0.2) is 61.3 Å². The van der Waals surface area contributed by atoms with E-state index in [2.05, 4.69) is 16.8 Å². The summed E-state index contributed by atoms with van der Waals surface area (Å²) in [7, 11) is 2.15. The predicted molar refractivity (Wildman–Crippen MR) is 67.5 cm³/mol. The third kappa shape index (κ3) is 3.91. The molecular formula is C13H20N2O2. The van der Waals surface area contributed by atoms with Gasteiger partial charge in [-0.3, -0.25) is 4.90 Å². The fourth-order valence-electron chi connectivity index (χ4n) is 1.94. The first kappa shape index (κ1) is 12.2. The molecule has 0 atom stereocenters. The average molecular weight is 236 g/mol. The zero-order chi connectivity index (χ0) is 12.1. The van der Waals surface area contributed by atoms with Crippen molar-refractivity contribution in [3.63, 3.8) is 0 Å². The molecule has 1 N–H and O–H groups in total. The number of ether oxygens (including phenoxy) is 1. The molecule has 0 bridgehead atoms. The van der Waals surface area contributed by atoms with Crippen LogP contribution < -0.4 is 4.74 Å². The van der Waals surface area contributed by atoms with Crippen molar-refractivity contribution >= 4 is 0 Å². The van der Waals surface area contributed by atoms with Gasteiger partial charge in [-0.15, -0.1) is 0 Å². The second-order valence-electron chi connectivity index (χ2n) is 4.49. The van der Waals surface area contributed by atoms with E-state index in [4.69, 9.17) is 4.74 Å². The number of aromatic hydroxyl groups is 1. The molecule has 17 heavy (non-hydrogen) atoms. The molecule has 0 unspecified atom stereocenters. The highest BCUT2D eigenvalue weighted by Crippen LogP contribution is 2.17. The van der Waals surface area contributed by atoms with Gasteiger partial charge in [0.05, 0.1) is 0 Å². The van der Waals surface area contributed by atoms with Gasteiger partial charge in [0.25, 0.3) is 0 Å². The number of hydrogen-bond acceptors (Lipinski definition) is 4. The van der Waals surface area contributed by atoms with Crippen molar-refractivity contribution < 1.29 is 9.84 Å². The maximum Gasteiger partial charge on any atom is 0.123 e. The van der Waals surface area contributed by atoms with Crippen molar-refractivity contribution in [2.75, 3.05) is 46.4 Å². The number of phenolic OH excluding ortho intramolecular Hbond substituents is 1. The van der Waals surface area contributed by atoms with Crippen LogP contribution in [-0.2, 0) is 0 Å². The molecule has 94 valence electrons. The quantitative estimate of drug-likeness (QED) is 0.846. The van der Waals surface area contributed by atoms with Crippen LogP contribution in [0.2, 0.25) is 0 Å². The van der Waals surface area contributed by atoms with Gasteiger partial charge in [-0.1, -0.05) is 6.07 Å². The number of nitrogens with zero attached hydrogens (tertiary/aromatic N) is 2. The van der Waals surface area contributed by atoms with Gasteiger partial charge in [0.15, 0.2) is 0 Å². The van der Waals surface area contributed by atoms with E-state index in [-0.39, 0.29) is 5.75 Å². The highest BCUT2D eigenvalue weighted by molar-refractivity contribution is 5.31. The van der Waals surface area contributed by atoms with Gasteiger partial charge in [0.2, 0.25) is 0 Å². The lowest BCUT2D eigenvalue weighted by Crippen LogP contribution is -2.45. The first-order chi connectivity index (χ1) is 8.24. The van der Waals surface area contributed by atoms with Crippen LogP contribution in [0, 0.1) is 0 Å². The highest BCUT2D eigenvalue weighted by atomic mass is 16.5. The molecule has 0 spiro atoms. The smallest absolute Gasteiger partial charge is 0.123 e. The molecular weight excluding hydrogens is 216 g/mol. The van der Waals surface area contributed by atoms with E-state index in [0.717, 1.165) is 38.5 Å². The molecule has 0 aliphatic carbocycles. The van der Waals surface area contributed by atoms with Crippen LogP contribution in [0.25, 0.3) is 0 Å². The molecule has 1 heterocycles. The summed E-state index contributed by atoms with van der Waals surface area (Å²) in [6.45, 7) is 6.11. The third-order valence-corrected chi connectivity index (χ3v) is 3.09. The second-order valence-corrected chi connectivity index (χ2v) is 4.49. The van der Waals surface area contributed by atoms with Gasteiger partial charge in [0.1, 0.15) is 18.1 Å². The van der Waals surface area contributed by atoms with Crippen molar-refractivity contribution in [1.82, 2.24) is 9.80 Å². The largest absolute Gasteiger partial charge is 0.508 e. The third-order valence-electron chi connectivity index (χ3n) is 3.09. The SMILES string of the molecule is CN1CCN(CCOc2cccc(O)c2)CC1. The maximum absolute atomic E-state index is 9.29. The lowest BCUT2D eigenvalue weighted by Gasteiger charge is -2.32. The zero-order valence-corrected chi connectivity index (χ0v) is 10.3. The Labute approximate surface area is 102 Å². The Bertz CT molecular complexity index is 349. The molecule has 0 saturated carbocycles. The van der Waals surface area contributed by atoms with Crippen molar-refractivity contribution in [2.24, 2.45) is 0 Å². The molecule has 2 rings (SSSR count). The Balaban J connectivity index is 1.69. The number of phenols is 1. The van der Waals surface area contributed by atoms with Crippen molar-refractivity contribution in [3.05, 3.63) is 24.3 Å². The van der Waals surface area contributed by atoms with Crippen molar-refractivity contribution in [1.29, 1.82) is 0 Å². The summed E-state index contributed by atoms with van der Waals surface area (Å²) in [6.07, 6.45) is 0. The number of likely N-dealkylation sites (N-methyl/N-ethyl adjacent to an activating group) is 1. The van der Waals surface area contributed by atoms with E-state index < -0.39 is 0 Å². The van der Waals surface area contributed by atoms with Crippen LogP contribution in [0.4, 0.5) is 0 Å². The summed E-state index contributed by atoms with van der Waals surface area (Å²) in [5, 5.41) is 9.29. The Hall–Kier alpha value is -1.26. The minimum atomic E-state index is 0.252. The van der Waals surface area contributed by atoms with Gasteiger partial charge in [-0.05, 0) is 19.2 Å². The summed E-state index contributed by atoms with van der Waals surface area (Å²) in [6, 6.07) is 6.95. The van der Waals surface area contributed by atoms with Gasteiger partial charge in [-0.2, -0.15) is 0 Å². The minimum absolute atomic E-state index is 0.252. The second kappa shape index (κ2) is 5.89. The van der Waals surface area contributed by atoms with E-state index in [9.17, 15) is 5.11 Å². The molecule has 1 aromatic carbocycles. The highest BCUT2D eigenvalue weighted by Gasteiger charge is 2.12. The van der Waals surface area contributed by atoms with Crippen LogP contribution in [0.5, 0.6) is 11.5 Å². The van der Waals surface area contributed by atoms with Crippen LogP contribution in [0.1, 0.15) is 0 Å². The van der Waals surface area contributed by atoms with E-state index in [1.165, 1.54) is 0 Å². The normalized spacial score (nSPS) is 18.2. The van der Waals surface area contributed by atoms with E-state index >= 15 is 0 Å². The first-order valence-corrected chi connectivity index (χ1v) is 6.07. The molecule has 4 nitrogen and oxygen atoms in total. The lowest BCUT2D eigenvalue weighted by molar-refractivity contribution is 0.133. The summed E-state index contributed by atoms with van der Waals surface area (Å²) < 4.78 is 5.60. The van der Waals surface area contributed by atoms with E-state index in [0.29, 0.717) is 6.61 Å². The van der Waals surface area contributed by atoms with E-state index in [1.54, 1.807) is 18.2 Å². The van der Waals surface area contributed by atoms with Crippen molar-refractivity contribution in [3.8, 4) is 11.5 Å². The standard InChI is InChI=1S/C13H20N2O2/c1-14-5-7-15(8-6-14)9-10-17-13-4-2-3-12(16)11-13/h2-4,11,16H,5-10H2,1H3. The number of benzene rings is 1. The molecule has 0 aromatic heterocycles. The molecule has 0 radical (unpaired) electrons. The van der Waals surface area contributed by atoms with Crippen LogP contribution >= 0.6 is 0 Å². The van der Waals surface area contributed by atoms with Crippen molar-refractivity contribution in [2.45, 2.75) is 0 Å². The molecule has 1 aliphatic heterocycles. The zero-order valence-electron chi connectivity index (χ0n) is 10.3. The first-order valence-electron chi connectivity index (χ1n) is 6.07. The molecule has 1 aliphatic rings. The molecule has 1 saturated heterocycles. The Morgan fingerprint density at radius 3 is 2.71 bits per heavy atom. The Morgan fingerprint density at radius 1 is 1.24 bits per heavy atom. The van der Waals surface area contributed by atoms with Gasteiger partial charge < -0.3 is 14.7 Å². The summed E-state index contributed by atoms with van der Waals surface area (Å²) in [4.78, 5) is 4.75. The topological polar surface area (TPSA) is 35.9 Å². The fourth-order valence-corrected chi connectivity index (χ4v) is 1.94. The molecule has 1 aromatic rings. The molecule has 4 heteroatoms. The average Bonchev–Trinajstić information content (AvgIpc) is 2.32.